The third kappa shape index (κ3) is 10.7. The number of carbonyl (C=O) groups excluding carboxylic acids is 1. The van der Waals surface area contributed by atoms with Crippen LogP contribution in [0.25, 0.3) is 0 Å². The van der Waals surface area contributed by atoms with Crippen molar-refractivity contribution in [2.45, 2.75) is 78.1 Å². The van der Waals surface area contributed by atoms with Gasteiger partial charge < -0.3 is 14.2 Å². The molecule has 0 bridgehead atoms. The molecule has 1 rings (SSSR count). The first-order valence-corrected chi connectivity index (χ1v) is 10.5. The first kappa shape index (κ1) is 23.1. The summed E-state index contributed by atoms with van der Waals surface area (Å²) in [5, 5.41) is 2.70. The second kappa shape index (κ2) is 15.2. The Hall–Kier alpha value is -1.91. The summed E-state index contributed by atoms with van der Waals surface area (Å²) in [7, 11) is 1.35. The summed E-state index contributed by atoms with van der Waals surface area (Å²) in [6, 6.07) is 5.50. The SMILES string of the molecule is CCCCCCCOc1ccc(NC(=O)OC)c(OCCCCCCC)c1. The van der Waals surface area contributed by atoms with Gasteiger partial charge in [-0.05, 0) is 25.0 Å². The molecule has 0 spiro atoms. The molecule has 0 heterocycles. The lowest BCUT2D eigenvalue weighted by molar-refractivity contribution is 0.186. The Morgan fingerprint density at radius 2 is 1.44 bits per heavy atom. The summed E-state index contributed by atoms with van der Waals surface area (Å²) in [6.07, 6.45) is 11.4. The number of ether oxygens (including phenoxy) is 3. The molecule has 5 nitrogen and oxygen atoms in total. The topological polar surface area (TPSA) is 56.8 Å². The number of rotatable bonds is 15. The van der Waals surface area contributed by atoms with E-state index >= 15 is 0 Å². The molecular formula is C22H37NO4. The largest absolute Gasteiger partial charge is 0.493 e. The number of nitrogens with one attached hydrogen (secondary N) is 1. The van der Waals surface area contributed by atoms with E-state index in [1.54, 1.807) is 6.07 Å². The normalized spacial score (nSPS) is 10.5. The third-order valence-electron chi connectivity index (χ3n) is 4.40. The maximum Gasteiger partial charge on any atom is 0.411 e. The summed E-state index contributed by atoms with van der Waals surface area (Å²) in [6.45, 7) is 5.74. The van der Waals surface area contributed by atoms with Crippen molar-refractivity contribution in [3.63, 3.8) is 0 Å². The van der Waals surface area contributed by atoms with Crippen LogP contribution in [0.4, 0.5) is 10.5 Å². The molecule has 0 atom stereocenters. The third-order valence-corrected chi connectivity index (χ3v) is 4.40. The zero-order chi connectivity index (χ0) is 19.7. The van der Waals surface area contributed by atoms with Crippen molar-refractivity contribution in [2.75, 3.05) is 25.6 Å². The highest BCUT2D eigenvalue weighted by molar-refractivity contribution is 5.86. The minimum atomic E-state index is -0.507. The van der Waals surface area contributed by atoms with Gasteiger partial charge in [0, 0.05) is 6.07 Å². The second-order valence-electron chi connectivity index (χ2n) is 6.80. The Labute approximate surface area is 164 Å². The van der Waals surface area contributed by atoms with Gasteiger partial charge in [-0.1, -0.05) is 65.2 Å². The number of hydrogen-bond acceptors (Lipinski definition) is 4. The molecule has 27 heavy (non-hydrogen) atoms. The molecule has 1 N–H and O–H groups in total. The van der Waals surface area contributed by atoms with Gasteiger partial charge in [0.1, 0.15) is 11.5 Å². The Balaban J connectivity index is 2.54. The van der Waals surface area contributed by atoms with Gasteiger partial charge in [-0.15, -0.1) is 0 Å². The van der Waals surface area contributed by atoms with Gasteiger partial charge in [0.25, 0.3) is 0 Å². The van der Waals surface area contributed by atoms with Gasteiger partial charge in [0.15, 0.2) is 0 Å². The average molecular weight is 380 g/mol. The minimum Gasteiger partial charge on any atom is -0.493 e. The molecule has 1 aromatic carbocycles. The van der Waals surface area contributed by atoms with Crippen LogP contribution in [0.5, 0.6) is 11.5 Å². The molecule has 1 aromatic rings. The number of anilines is 1. The fourth-order valence-electron chi connectivity index (χ4n) is 2.76. The van der Waals surface area contributed by atoms with E-state index in [4.69, 9.17) is 9.47 Å². The van der Waals surface area contributed by atoms with Crippen molar-refractivity contribution in [3.8, 4) is 11.5 Å². The molecule has 5 heteroatoms. The molecule has 0 aromatic heterocycles. The number of unbranched alkanes of at least 4 members (excludes halogenated alkanes) is 8. The molecule has 0 saturated heterocycles. The standard InChI is InChI=1S/C22H37NO4/c1-4-6-8-10-12-16-26-19-14-15-20(23-22(24)25-3)21(18-19)27-17-13-11-9-7-5-2/h14-15,18H,4-13,16-17H2,1-3H3,(H,23,24). The van der Waals surface area contributed by atoms with Crippen molar-refractivity contribution in [1.29, 1.82) is 0 Å². The van der Waals surface area contributed by atoms with Crippen LogP contribution in [-0.4, -0.2) is 26.4 Å². The molecular weight excluding hydrogens is 342 g/mol. The summed E-state index contributed by atoms with van der Waals surface area (Å²) < 4.78 is 16.4. The van der Waals surface area contributed by atoms with Crippen LogP contribution in [0.1, 0.15) is 78.1 Å². The molecule has 0 aliphatic heterocycles. The fraction of sp³-hybridized carbons (Fsp3) is 0.682. The van der Waals surface area contributed by atoms with Crippen molar-refractivity contribution in [1.82, 2.24) is 0 Å². The van der Waals surface area contributed by atoms with E-state index in [9.17, 15) is 4.79 Å². The number of methoxy groups -OCH3 is 1. The highest BCUT2D eigenvalue weighted by Gasteiger charge is 2.10. The van der Waals surface area contributed by atoms with Crippen LogP contribution >= 0.6 is 0 Å². The van der Waals surface area contributed by atoms with Crippen LogP contribution in [0.2, 0.25) is 0 Å². The van der Waals surface area contributed by atoms with Crippen molar-refractivity contribution >= 4 is 11.8 Å². The van der Waals surface area contributed by atoms with Crippen LogP contribution < -0.4 is 14.8 Å². The van der Waals surface area contributed by atoms with Crippen molar-refractivity contribution in [3.05, 3.63) is 18.2 Å². The summed E-state index contributed by atoms with van der Waals surface area (Å²) in [4.78, 5) is 11.5. The van der Waals surface area contributed by atoms with Gasteiger partial charge in [0.05, 0.1) is 26.0 Å². The van der Waals surface area contributed by atoms with Gasteiger partial charge in [0.2, 0.25) is 0 Å². The van der Waals surface area contributed by atoms with Gasteiger partial charge in [-0.2, -0.15) is 0 Å². The van der Waals surface area contributed by atoms with Crippen LogP contribution in [0.3, 0.4) is 0 Å². The first-order valence-electron chi connectivity index (χ1n) is 10.5. The van der Waals surface area contributed by atoms with E-state index in [2.05, 4.69) is 23.9 Å². The van der Waals surface area contributed by atoms with E-state index in [1.807, 2.05) is 12.1 Å². The number of benzene rings is 1. The monoisotopic (exact) mass is 379 g/mol. The molecule has 0 saturated carbocycles. The molecule has 0 aliphatic rings. The second-order valence-corrected chi connectivity index (χ2v) is 6.80. The van der Waals surface area contributed by atoms with Crippen molar-refractivity contribution < 1.29 is 19.0 Å². The summed E-state index contributed by atoms with van der Waals surface area (Å²) in [5.41, 5.74) is 0.603. The maximum atomic E-state index is 11.5. The van der Waals surface area contributed by atoms with E-state index in [0.29, 0.717) is 24.7 Å². The van der Waals surface area contributed by atoms with Gasteiger partial charge in [-0.25, -0.2) is 4.79 Å². The highest BCUT2D eigenvalue weighted by Crippen LogP contribution is 2.30. The van der Waals surface area contributed by atoms with E-state index in [-0.39, 0.29) is 0 Å². The lowest BCUT2D eigenvalue weighted by Crippen LogP contribution is -2.12. The van der Waals surface area contributed by atoms with Crippen LogP contribution in [-0.2, 0) is 4.74 Å². The van der Waals surface area contributed by atoms with Crippen LogP contribution in [0.15, 0.2) is 18.2 Å². The summed E-state index contributed by atoms with van der Waals surface area (Å²) in [5.74, 6) is 1.39. The Morgan fingerprint density at radius 3 is 2.04 bits per heavy atom. The average Bonchev–Trinajstić information content (AvgIpc) is 2.68. The lowest BCUT2D eigenvalue weighted by Gasteiger charge is -2.14. The zero-order valence-corrected chi connectivity index (χ0v) is 17.4. The molecule has 0 fully saturated rings. The molecule has 0 radical (unpaired) electrons. The van der Waals surface area contributed by atoms with Gasteiger partial charge in [-0.3, -0.25) is 5.32 Å². The van der Waals surface area contributed by atoms with E-state index in [0.717, 1.165) is 25.0 Å². The van der Waals surface area contributed by atoms with Gasteiger partial charge >= 0.3 is 6.09 Å². The zero-order valence-electron chi connectivity index (χ0n) is 17.4. The van der Waals surface area contributed by atoms with Crippen molar-refractivity contribution in [2.24, 2.45) is 0 Å². The fourth-order valence-corrected chi connectivity index (χ4v) is 2.76. The maximum absolute atomic E-state index is 11.5. The van der Waals surface area contributed by atoms with E-state index in [1.165, 1.54) is 52.1 Å². The number of amides is 1. The smallest absolute Gasteiger partial charge is 0.411 e. The first-order chi connectivity index (χ1) is 13.2. The predicted octanol–water partition coefficient (Wildman–Crippen LogP) is 6.56. The molecule has 0 aliphatic carbocycles. The highest BCUT2D eigenvalue weighted by atomic mass is 16.5. The summed E-state index contributed by atoms with van der Waals surface area (Å²) >= 11 is 0. The molecule has 1 amide bonds. The minimum absolute atomic E-state index is 0.507. The number of hydrogen-bond donors (Lipinski definition) is 1. The van der Waals surface area contributed by atoms with E-state index < -0.39 is 6.09 Å². The Bertz CT molecular complexity index is 519. The van der Waals surface area contributed by atoms with Crippen LogP contribution in [0, 0.1) is 0 Å². The lowest BCUT2D eigenvalue weighted by atomic mass is 10.2. The predicted molar refractivity (Wildman–Crippen MR) is 111 cm³/mol. The number of carbonyl (C=O) groups is 1. The molecule has 0 unspecified atom stereocenters. The Kier molecular flexibility index (Phi) is 13.0. The molecule has 154 valence electrons. The quantitative estimate of drug-likeness (QED) is 0.350. The Morgan fingerprint density at radius 1 is 0.852 bits per heavy atom.